The number of pyridine rings is 1. The van der Waals surface area contributed by atoms with E-state index in [9.17, 15) is 13.6 Å². The van der Waals surface area contributed by atoms with E-state index in [4.69, 9.17) is 10.2 Å². The Morgan fingerprint density at radius 2 is 1.93 bits per heavy atom. The number of aromatic nitrogens is 1. The van der Waals surface area contributed by atoms with Gasteiger partial charge in [0.1, 0.15) is 5.92 Å². The number of hydrogen-bond acceptors (Lipinski definition) is 5. The van der Waals surface area contributed by atoms with Crippen LogP contribution in [-0.4, -0.2) is 33.4 Å². The SMILES string of the molecule is C=COC(=O)C(C(C)O)C(C)O.Fc1c[c-]c(-c2ccccn2)c(F)c1.[Ir]. The third-order valence-corrected chi connectivity index (χ3v) is 3.29. The topological polar surface area (TPSA) is 79.7 Å². The van der Waals surface area contributed by atoms with Crippen LogP contribution in [0.4, 0.5) is 8.78 Å². The quantitative estimate of drug-likeness (QED) is 0.337. The Hall–Kier alpha value is -1.99. The average molecular weight is 557 g/mol. The first-order valence-electron chi connectivity index (χ1n) is 7.73. The minimum absolute atomic E-state index is 0. The van der Waals surface area contributed by atoms with E-state index in [1.54, 1.807) is 24.4 Å². The van der Waals surface area contributed by atoms with Crippen molar-refractivity contribution in [3.8, 4) is 11.3 Å². The molecular weight excluding hydrogens is 536 g/mol. The van der Waals surface area contributed by atoms with Crippen LogP contribution in [0.5, 0.6) is 0 Å². The monoisotopic (exact) mass is 557 g/mol. The van der Waals surface area contributed by atoms with Crippen LogP contribution in [0.3, 0.4) is 0 Å². The normalized spacial score (nSPS) is 13.1. The minimum Gasteiger partial charge on any atom is -0.435 e. The van der Waals surface area contributed by atoms with Gasteiger partial charge in [-0.1, -0.05) is 30.3 Å². The van der Waals surface area contributed by atoms with Gasteiger partial charge in [0.15, 0.2) is 0 Å². The minimum atomic E-state index is -0.933. The van der Waals surface area contributed by atoms with E-state index in [2.05, 4.69) is 22.4 Å². The average Bonchev–Trinajstić information content (AvgIpc) is 2.55. The van der Waals surface area contributed by atoms with E-state index in [1.807, 2.05) is 0 Å². The third-order valence-electron chi connectivity index (χ3n) is 3.29. The zero-order valence-electron chi connectivity index (χ0n) is 14.7. The van der Waals surface area contributed by atoms with Crippen molar-refractivity contribution in [3.63, 3.8) is 0 Å². The van der Waals surface area contributed by atoms with Crippen molar-refractivity contribution in [1.82, 2.24) is 4.98 Å². The summed E-state index contributed by atoms with van der Waals surface area (Å²) in [5.74, 6) is -2.87. The standard InChI is InChI=1S/C11H6F2N.C8H14O4.Ir/c12-8-4-5-9(10(13)7-8)11-3-1-2-6-14-11;1-4-12-8(11)7(5(2)9)6(3)10;/h1-4,6-7H;4-7,9-10H,1H2,2-3H3;/q-1;;. The third kappa shape index (κ3) is 8.05. The maximum absolute atomic E-state index is 13.2. The first-order chi connectivity index (χ1) is 12.3. The second-order valence-corrected chi connectivity index (χ2v) is 5.37. The number of hydrogen-bond donors (Lipinski definition) is 2. The zero-order valence-corrected chi connectivity index (χ0v) is 17.1. The van der Waals surface area contributed by atoms with Crippen molar-refractivity contribution in [1.29, 1.82) is 0 Å². The molecule has 5 nitrogen and oxygen atoms in total. The van der Waals surface area contributed by atoms with Gasteiger partial charge in [-0.05, 0) is 25.6 Å². The van der Waals surface area contributed by atoms with E-state index in [-0.39, 0.29) is 25.7 Å². The molecule has 149 valence electrons. The van der Waals surface area contributed by atoms with Gasteiger partial charge in [0.2, 0.25) is 0 Å². The van der Waals surface area contributed by atoms with Gasteiger partial charge in [-0.25, -0.2) is 0 Å². The Balaban J connectivity index is 0.000000491. The van der Waals surface area contributed by atoms with E-state index >= 15 is 0 Å². The first-order valence-corrected chi connectivity index (χ1v) is 7.73. The first kappa shape index (κ1) is 25.0. The van der Waals surface area contributed by atoms with Gasteiger partial charge < -0.3 is 19.9 Å². The van der Waals surface area contributed by atoms with Gasteiger partial charge in [0, 0.05) is 37.9 Å². The molecule has 0 fully saturated rings. The van der Waals surface area contributed by atoms with Crippen molar-refractivity contribution in [2.24, 2.45) is 5.92 Å². The number of esters is 1. The van der Waals surface area contributed by atoms with Gasteiger partial charge in [-0.3, -0.25) is 13.6 Å². The van der Waals surface area contributed by atoms with E-state index in [0.29, 0.717) is 5.69 Å². The molecule has 8 heteroatoms. The molecule has 0 spiro atoms. The van der Waals surface area contributed by atoms with Gasteiger partial charge in [-0.2, -0.15) is 0 Å². The Morgan fingerprint density at radius 1 is 1.30 bits per heavy atom. The van der Waals surface area contributed by atoms with Gasteiger partial charge in [-0.15, -0.1) is 12.1 Å². The molecule has 2 atom stereocenters. The number of aliphatic hydroxyl groups excluding tert-OH is 2. The molecule has 1 radical (unpaired) electrons. The molecule has 1 heterocycles. The second kappa shape index (κ2) is 12.4. The van der Waals surface area contributed by atoms with Gasteiger partial charge in [0.05, 0.1) is 18.5 Å². The van der Waals surface area contributed by atoms with Crippen LogP contribution >= 0.6 is 0 Å². The van der Waals surface area contributed by atoms with Gasteiger partial charge in [0.25, 0.3) is 0 Å². The predicted molar refractivity (Wildman–Crippen MR) is 91.6 cm³/mol. The molecule has 2 unspecified atom stereocenters. The maximum atomic E-state index is 13.2. The molecule has 2 rings (SSSR count). The fourth-order valence-corrected chi connectivity index (χ4v) is 2.11. The Bertz CT molecular complexity index is 719. The molecule has 1 aromatic heterocycles. The fourth-order valence-electron chi connectivity index (χ4n) is 2.11. The van der Waals surface area contributed by atoms with Crippen molar-refractivity contribution in [2.75, 3.05) is 0 Å². The number of benzene rings is 1. The summed E-state index contributed by atoms with van der Waals surface area (Å²) in [4.78, 5) is 15.0. The molecular formula is C19H20F2IrNO4-. The van der Waals surface area contributed by atoms with Crippen LogP contribution in [0.25, 0.3) is 11.3 Å². The molecule has 0 amide bonds. The predicted octanol–water partition coefficient (Wildman–Crippen LogP) is 2.88. The summed E-state index contributed by atoms with van der Waals surface area (Å²) in [6.45, 7) is 6.03. The second-order valence-electron chi connectivity index (χ2n) is 5.37. The molecule has 0 saturated carbocycles. The van der Waals surface area contributed by atoms with Crippen LogP contribution in [0.15, 0.2) is 49.4 Å². The summed E-state index contributed by atoms with van der Waals surface area (Å²) in [5, 5.41) is 18.2. The van der Waals surface area contributed by atoms with Crippen LogP contribution in [0.1, 0.15) is 13.8 Å². The molecule has 0 saturated heterocycles. The van der Waals surface area contributed by atoms with Gasteiger partial charge >= 0.3 is 5.97 Å². The Kier molecular flexibility index (Phi) is 11.5. The number of aliphatic hydroxyl groups is 2. The van der Waals surface area contributed by atoms with Crippen LogP contribution in [-0.2, 0) is 29.6 Å². The molecule has 1 aromatic carbocycles. The van der Waals surface area contributed by atoms with Crippen LogP contribution in [0.2, 0.25) is 0 Å². The van der Waals surface area contributed by atoms with Crippen molar-refractivity contribution in [3.05, 3.63) is 67.1 Å². The summed E-state index contributed by atoms with van der Waals surface area (Å²) < 4.78 is 30.2. The maximum Gasteiger partial charge on any atom is 0.318 e. The molecule has 2 N–H and O–H groups in total. The zero-order chi connectivity index (χ0) is 19.7. The summed E-state index contributed by atoms with van der Waals surface area (Å²) >= 11 is 0. The molecule has 2 aromatic rings. The van der Waals surface area contributed by atoms with Crippen molar-refractivity contribution < 1.29 is 48.6 Å². The van der Waals surface area contributed by atoms with E-state index < -0.39 is 35.7 Å². The van der Waals surface area contributed by atoms with Crippen molar-refractivity contribution >= 4 is 5.97 Å². The van der Waals surface area contributed by atoms with E-state index in [0.717, 1.165) is 18.4 Å². The molecule has 0 bridgehead atoms. The Labute approximate surface area is 170 Å². The van der Waals surface area contributed by atoms with Crippen LogP contribution in [0, 0.1) is 23.6 Å². The number of ether oxygens (including phenoxy) is 1. The molecule has 0 aliphatic rings. The summed E-state index contributed by atoms with van der Waals surface area (Å²) in [5.41, 5.74) is 0.636. The number of carbonyl (C=O) groups excluding carboxylic acids is 1. The molecule has 27 heavy (non-hydrogen) atoms. The smallest absolute Gasteiger partial charge is 0.318 e. The molecule has 0 aliphatic carbocycles. The number of nitrogens with zero attached hydrogens (tertiary/aromatic N) is 1. The van der Waals surface area contributed by atoms with Crippen LogP contribution < -0.4 is 0 Å². The van der Waals surface area contributed by atoms with E-state index in [1.165, 1.54) is 13.8 Å². The molecule has 0 aliphatic heterocycles. The largest absolute Gasteiger partial charge is 0.435 e. The number of halogens is 2. The fraction of sp³-hybridized carbons (Fsp3) is 0.263. The Morgan fingerprint density at radius 3 is 2.37 bits per heavy atom. The summed E-state index contributed by atoms with van der Waals surface area (Å²) in [7, 11) is 0. The summed E-state index contributed by atoms with van der Waals surface area (Å²) in [6, 6.07) is 9.53. The summed E-state index contributed by atoms with van der Waals surface area (Å²) in [6.07, 6.45) is 0.654. The number of carbonyl (C=O) groups is 1. The number of rotatable bonds is 5. The van der Waals surface area contributed by atoms with Crippen molar-refractivity contribution in [2.45, 2.75) is 26.1 Å².